The molecule has 2 atom stereocenters. The number of ether oxygens (including phenoxy) is 1. The molecule has 1 N–H and O–H groups in total. The molecule has 2 aromatic carbocycles. The molecule has 0 aromatic heterocycles. The minimum atomic E-state index is -0.587. The number of hydrazine groups is 1. The molecule has 2 heterocycles. The summed E-state index contributed by atoms with van der Waals surface area (Å²) in [5.74, 6) is -0.203. The van der Waals surface area contributed by atoms with Gasteiger partial charge in [0.2, 0.25) is 11.8 Å². The lowest BCUT2D eigenvalue weighted by Crippen LogP contribution is -2.76. The zero-order chi connectivity index (χ0) is 27.1. The van der Waals surface area contributed by atoms with Gasteiger partial charge in [0.05, 0.1) is 26.3 Å². The normalized spacial score (nSPS) is 20.0. The number of carbonyl (C=O) groups excluding carboxylic acids is 3. The fourth-order valence-corrected chi connectivity index (χ4v) is 5.08. The molecule has 2 aliphatic rings. The monoisotopic (exact) mass is 521 g/mol. The molecule has 9 heteroatoms. The van der Waals surface area contributed by atoms with Crippen LogP contribution in [0.25, 0.3) is 0 Å². The number of hydrogen-bond donors (Lipinski definition) is 1. The van der Waals surface area contributed by atoms with E-state index in [0.29, 0.717) is 32.7 Å². The van der Waals surface area contributed by atoms with E-state index in [9.17, 15) is 14.4 Å². The summed E-state index contributed by atoms with van der Waals surface area (Å²) in [7, 11) is 1.74. The minimum absolute atomic E-state index is 0.0465. The third kappa shape index (κ3) is 6.52. The number of fused-ring (bicyclic) bond motifs is 1. The van der Waals surface area contributed by atoms with Crippen LogP contribution >= 0.6 is 0 Å². The summed E-state index contributed by atoms with van der Waals surface area (Å²) < 4.78 is 5.89. The van der Waals surface area contributed by atoms with Crippen molar-refractivity contribution < 1.29 is 19.1 Å². The lowest BCUT2D eigenvalue weighted by Gasteiger charge is -2.54. The maximum Gasteiger partial charge on any atom is 0.334 e. The summed E-state index contributed by atoms with van der Waals surface area (Å²) in [6.07, 6.45) is 1.73. The largest absolute Gasteiger partial charge is 0.375 e. The van der Waals surface area contributed by atoms with Gasteiger partial charge in [-0.1, -0.05) is 79.9 Å². The first-order valence-electron chi connectivity index (χ1n) is 13.4. The number of aryl methyl sites for hydroxylation is 1. The van der Waals surface area contributed by atoms with Crippen molar-refractivity contribution in [2.45, 2.75) is 58.5 Å². The number of hydrogen-bond acceptors (Lipinski definition) is 5. The Morgan fingerprint density at radius 2 is 1.79 bits per heavy atom. The number of likely N-dealkylation sites (N-methyl/N-ethyl adjacent to an activating group) is 1. The fraction of sp³-hybridized carbons (Fsp3) is 0.483. The van der Waals surface area contributed by atoms with E-state index in [-0.39, 0.29) is 30.9 Å². The molecule has 4 amide bonds. The van der Waals surface area contributed by atoms with Crippen molar-refractivity contribution in [2.75, 3.05) is 33.3 Å². The van der Waals surface area contributed by atoms with Gasteiger partial charge in [0.25, 0.3) is 0 Å². The first-order chi connectivity index (χ1) is 18.4. The molecule has 9 nitrogen and oxygen atoms in total. The summed E-state index contributed by atoms with van der Waals surface area (Å²) in [5.41, 5.74) is 3.26. The van der Waals surface area contributed by atoms with Crippen molar-refractivity contribution in [3.05, 3.63) is 71.3 Å². The number of piperazine rings is 1. The third-order valence-corrected chi connectivity index (χ3v) is 7.16. The van der Waals surface area contributed by atoms with Gasteiger partial charge in [-0.15, -0.1) is 0 Å². The van der Waals surface area contributed by atoms with Crippen LogP contribution in [0.2, 0.25) is 0 Å². The average molecular weight is 522 g/mol. The highest BCUT2D eigenvalue weighted by molar-refractivity contribution is 5.91. The number of amides is 4. The molecule has 0 aliphatic carbocycles. The van der Waals surface area contributed by atoms with Crippen molar-refractivity contribution in [1.29, 1.82) is 0 Å². The lowest BCUT2D eigenvalue weighted by molar-refractivity contribution is -0.188. The Kier molecular flexibility index (Phi) is 9.36. The van der Waals surface area contributed by atoms with E-state index in [2.05, 4.69) is 12.2 Å². The highest BCUT2D eigenvalue weighted by Gasteiger charge is 2.50. The molecule has 2 saturated heterocycles. The molecule has 2 fully saturated rings. The summed E-state index contributed by atoms with van der Waals surface area (Å²) >= 11 is 0. The van der Waals surface area contributed by atoms with E-state index in [4.69, 9.17) is 4.74 Å². The van der Waals surface area contributed by atoms with E-state index in [0.717, 1.165) is 24.0 Å². The Labute approximate surface area is 225 Å². The van der Waals surface area contributed by atoms with Gasteiger partial charge < -0.3 is 19.9 Å². The molecular weight excluding hydrogens is 482 g/mol. The first kappa shape index (κ1) is 27.6. The maximum absolute atomic E-state index is 13.5. The summed E-state index contributed by atoms with van der Waals surface area (Å²) in [6.45, 7) is 6.01. The molecule has 4 rings (SSSR count). The second-order valence-electron chi connectivity index (χ2n) is 10.1. The van der Waals surface area contributed by atoms with Gasteiger partial charge in [-0.3, -0.25) is 9.59 Å². The SMILES string of the molecule is CCCC[C@H]1C(=O)N(CCOCc2ccc(C)cc2)C[C@H]2N1C(=O)CN(C)N2C(=O)NCc1ccccc1. The second kappa shape index (κ2) is 12.9. The van der Waals surface area contributed by atoms with Crippen LogP contribution in [0.1, 0.15) is 42.9 Å². The summed E-state index contributed by atoms with van der Waals surface area (Å²) in [4.78, 5) is 43.5. The van der Waals surface area contributed by atoms with Crippen molar-refractivity contribution >= 4 is 17.8 Å². The van der Waals surface area contributed by atoms with Crippen molar-refractivity contribution in [2.24, 2.45) is 0 Å². The van der Waals surface area contributed by atoms with Gasteiger partial charge in [-0.05, 0) is 24.5 Å². The zero-order valence-electron chi connectivity index (χ0n) is 22.6. The average Bonchev–Trinajstić information content (AvgIpc) is 2.91. The Bertz CT molecular complexity index is 1090. The fourth-order valence-electron chi connectivity index (χ4n) is 5.08. The molecule has 0 bridgehead atoms. The lowest BCUT2D eigenvalue weighted by atomic mass is 10.0. The molecule has 2 aliphatic heterocycles. The number of carbonyl (C=O) groups is 3. The Balaban J connectivity index is 1.46. The van der Waals surface area contributed by atoms with Gasteiger partial charge in [-0.2, -0.15) is 0 Å². The van der Waals surface area contributed by atoms with Crippen LogP contribution in [-0.2, 0) is 27.5 Å². The third-order valence-electron chi connectivity index (χ3n) is 7.16. The van der Waals surface area contributed by atoms with Crippen LogP contribution < -0.4 is 5.32 Å². The van der Waals surface area contributed by atoms with Crippen LogP contribution in [0.4, 0.5) is 4.79 Å². The molecule has 0 saturated carbocycles. The number of benzene rings is 2. The Morgan fingerprint density at radius 3 is 2.50 bits per heavy atom. The van der Waals surface area contributed by atoms with E-state index < -0.39 is 12.2 Å². The second-order valence-corrected chi connectivity index (χ2v) is 10.1. The van der Waals surface area contributed by atoms with Gasteiger partial charge in [0.15, 0.2) is 0 Å². The molecule has 38 heavy (non-hydrogen) atoms. The molecule has 2 aromatic rings. The van der Waals surface area contributed by atoms with Gasteiger partial charge in [-0.25, -0.2) is 14.8 Å². The van der Waals surface area contributed by atoms with Crippen LogP contribution in [-0.4, -0.2) is 83.2 Å². The van der Waals surface area contributed by atoms with Crippen molar-refractivity contribution in [3.8, 4) is 0 Å². The summed E-state index contributed by atoms with van der Waals surface area (Å²) in [6, 6.07) is 17.0. The van der Waals surface area contributed by atoms with E-state index >= 15 is 0 Å². The van der Waals surface area contributed by atoms with Crippen LogP contribution in [0, 0.1) is 6.92 Å². The van der Waals surface area contributed by atoms with Crippen LogP contribution in [0.3, 0.4) is 0 Å². The number of nitrogens with one attached hydrogen (secondary N) is 1. The predicted molar refractivity (Wildman–Crippen MR) is 145 cm³/mol. The zero-order valence-corrected chi connectivity index (χ0v) is 22.6. The van der Waals surface area contributed by atoms with Crippen molar-refractivity contribution in [3.63, 3.8) is 0 Å². The number of rotatable bonds is 10. The van der Waals surface area contributed by atoms with E-state index in [1.807, 2.05) is 61.5 Å². The molecular formula is C29H39N5O4. The highest BCUT2D eigenvalue weighted by atomic mass is 16.5. The molecule has 0 unspecified atom stereocenters. The summed E-state index contributed by atoms with van der Waals surface area (Å²) in [5, 5.41) is 6.23. The number of nitrogens with zero attached hydrogens (tertiary/aromatic N) is 4. The van der Waals surface area contributed by atoms with Crippen LogP contribution in [0.5, 0.6) is 0 Å². The number of urea groups is 1. The van der Waals surface area contributed by atoms with Crippen molar-refractivity contribution in [1.82, 2.24) is 25.1 Å². The maximum atomic E-state index is 13.5. The molecule has 0 spiro atoms. The van der Waals surface area contributed by atoms with Gasteiger partial charge in [0.1, 0.15) is 12.2 Å². The standard InChI is InChI=1S/C29H39N5O4/c1-4-5-11-25-28(36)32(16-17-38-21-24-14-12-22(2)13-15-24)19-26-33(25)27(35)20-31(3)34(26)29(37)30-18-23-9-7-6-8-10-23/h6-10,12-15,25-26H,4-5,11,16-21H2,1-3H3,(H,30,37)/t25-,26-/m0/s1. The minimum Gasteiger partial charge on any atom is -0.375 e. The number of unbranched alkanes of at least 4 members (excludes halogenated alkanes) is 1. The van der Waals surface area contributed by atoms with E-state index in [1.165, 1.54) is 5.56 Å². The topological polar surface area (TPSA) is 85.4 Å². The van der Waals surface area contributed by atoms with E-state index in [1.54, 1.807) is 26.9 Å². The highest BCUT2D eigenvalue weighted by Crippen LogP contribution is 2.28. The molecule has 0 radical (unpaired) electrons. The Morgan fingerprint density at radius 1 is 1.05 bits per heavy atom. The van der Waals surface area contributed by atoms with Gasteiger partial charge >= 0.3 is 6.03 Å². The van der Waals surface area contributed by atoms with Crippen LogP contribution in [0.15, 0.2) is 54.6 Å². The first-order valence-corrected chi connectivity index (χ1v) is 13.4. The quantitative estimate of drug-likeness (QED) is 0.486. The Hall–Kier alpha value is -3.43. The molecule has 204 valence electrons. The smallest absolute Gasteiger partial charge is 0.334 e. The predicted octanol–water partition coefficient (Wildman–Crippen LogP) is 3.14. The van der Waals surface area contributed by atoms with Gasteiger partial charge in [0, 0.05) is 20.1 Å².